The van der Waals surface area contributed by atoms with E-state index >= 15 is 0 Å². The molecule has 0 spiro atoms. The fourth-order valence-electron chi connectivity index (χ4n) is 3.92. The Labute approximate surface area is 163 Å². The second-order valence-electron chi connectivity index (χ2n) is 7.17. The van der Waals surface area contributed by atoms with Crippen LogP contribution in [0.25, 0.3) is 16.3 Å². The normalized spacial score (nSPS) is 15.3. The lowest BCUT2D eigenvalue weighted by molar-refractivity contribution is 0.0648. The quantitative estimate of drug-likeness (QED) is 0.734. The van der Waals surface area contributed by atoms with E-state index in [9.17, 15) is 4.79 Å². The third kappa shape index (κ3) is 3.43. The summed E-state index contributed by atoms with van der Waals surface area (Å²) in [5.74, 6) is 1.11. The molecule has 7 heteroatoms. The number of carbonyl (C=O) groups is 1. The largest absolute Gasteiger partial charge is 0.384 e. The van der Waals surface area contributed by atoms with Gasteiger partial charge in [-0.05, 0) is 51.0 Å². The molecule has 0 aromatic carbocycles. The highest BCUT2D eigenvalue weighted by molar-refractivity contribution is 7.15. The highest BCUT2D eigenvalue weighted by Crippen LogP contribution is 2.27. The molecule has 27 heavy (non-hydrogen) atoms. The summed E-state index contributed by atoms with van der Waals surface area (Å²) < 4.78 is 1.61. The summed E-state index contributed by atoms with van der Waals surface area (Å²) in [6, 6.07) is 7.92. The van der Waals surface area contributed by atoms with Gasteiger partial charge < -0.3 is 10.6 Å². The SMILES string of the molecule is CCN(C(=O)c1cc(N)n2nc(-c3ccc(C)s3)nc2c1)C1CCCCC1. The molecule has 1 aliphatic rings. The van der Waals surface area contributed by atoms with Crippen LogP contribution in [0.15, 0.2) is 24.3 Å². The van der Waals surface area contributed by atoms with Crippen LogP contribution >= 0.6 is 11.3 Å². The topological polar surface area (TPSA) is 76.5 Å². The summed E-state index contributed by atoms with van der Waals surface area (Å²) in [6.45, 7) is 4.81. The lowest BCUT2D eigenvalue weighted by Gasteiger charge is -2.33. The Balaban J connectivity index is 1.68. The van der Waals surface area contributed by atoms with E-state index in [1.165, 1.54) is 24.1 Å². The first-order valence-corrected chi connectivity index (χ1v) is 10.4. The van der Waals surface area contributed by atoms with Crippen LogP contribution in [-0.4, -0.2) is 38.0 Å². The van der Waals surface area contributed by atoms with Crippen LogP contribution in [0.2, 0.25) is 0 Å². The van der Waals surface area contributed by atoms with Gasteiger partial charge in [0.25, 0.3) is 5.91 Å². The van der Waals surface area contributed by atoms with Crippen molar-refractivity contribution >= 4 is 28.7 Å². The maximum atomic E-state index is 13.2. The van der Waals surface area contributed by atoms with Gasteiger partial charge in [-0.3, -0.25) is 4.79 Å². The molecule has 4 rings (SSSR count). The van der Waals surface area contributed by atoms with Crippen molar-refractivity contribution in [2.75, 3.05) is 12.3 Å². The Morgan fingerprint density at radius 1 is 1.30 bits per heavy atom. The van der Waals surface area contributed by atoms with Gasteiger partial charge in [-0.25, -0.2) is 4.98 Å². The Bertz CT molecular complexity index is 970. The third-order valence-electron chi connectivity index (χ3n) is 5.29. The van der Waals surface area contributed by atoms with Crippen LogP contribution in [-0.2, 0) is 0 Å². The lowest BCUT2D eigenvalue weighted by atomic mass is 9.93. The fourth-order valence-corrected chi connectivity index (χ4v) is 4.71. The highest BCUT2D eigenvalue weighted by Gasteiger charge is 2.26. The number of carbonyl (C=O) groups excluding carboxylic acids is 1. The van der Waals surface area contributed by atoms with Crippen molar-refractivity contribution in [2.45, 2.75) is 52.0 Å². The fraction of sp³-hybridized carbons (Fsp3) is 0.450. The van der Waals surface area contributed by atoms with Gasteiger partial charge in [-0.1, -0.05) is 19.3 Å². The Morgan fingerprint density at radius 2 is 2.07 bits per heavy atom. The molecule has 2 N–H and O–H groups in total. The van der Waals surface area contributed by atoms with E-state index in [4.69, 9.17) is 5.73 Å². The highest BCUT2D eigenvalue weighted by atomic mass is 32.1. The number of hydrogen-bond acceptors (Lipinski definition) is 5. The van der Waals surface area contributed by atoms with Gasteiger partial charge in [0.05, 0.1) is 4.88 Å². The van der Waals surface area contributed by atoms with Crippen molar-refractivity contribution in [3.05, 3.63) is 34.7 Å². The molecule has 0 aliphatic heterocycles. The van der Waals surface area contributed by atoms with Crippen molar-refractivity contribution in [3.63, 3.8) is 0 Å². The van der Waals surface area contributed by atoms with Crippen LogP contribution in [0.3, 0.4) is 0 Å². The van der Waals surface area contributed by atoms with Crippen molar-refractivity contribution in [2.24, 2.45) is 0 Å². The molecule has 142 valence electrons. The summed E-state index contributed by atoms with van der Waals surface area (Å²) in [6.07, 6.45) is 5.84. The summed E-state index contributed by atoms with van der Waals surface area (Å²) in [5, 5.41) is 4.52. The van der Waals surface area contributed by atoms with Crippen LogP contribution in [0.4, 0.5) is 5.82 Å². The molecule has 1 amide bonds. The van der Waals surface area contributed by atoms with Gasteiger partial charge in [0, 0.05) is 23.0 Å². The molecule has 0 atom stereocenters. The van der Waals surface area contributed by atoms with Gasteiger partial charge in [-0.15, -0.1) is 16.4 Å². The van der Waals surface area contributed by atoms with Crippen LogP contribution in [0.5, 0.6) is 0 Å². The molecule has 1 fully saturated rings. The zero-order valence-electron chi connectivity index (χ0n) is 15.8. The van der Waals surface area contributed by atoms with E-state index in [0.717, 1.165) is 17.7 Å². The Hall–Kier alpha value is -2.41. The van der Waals surface area contributed by atoms with Crippen LogP contribution in [0.1, 0.15) is 54.3 Å². The molecular formula is C20H25N5OS. The number of amides is 1. The van der Waals surface area contributed by atoms with Gasteiger partial charge in [0.2, 0.25) is 0 Å². The van der Waals surface area contributed by atoms with Gasteiger partial charge in [0.1, 0.15) is 5.82 Å². The number of rotatable bonds is 4. The minimum Gasteiger partial charge on any atom is -0.384 e. The first-order valence-electron chi connectivity index (χ1n) is 9.61. The standard InChI is InChI=1S/C20H25N5OS/c1-3-24(15-7-5-4-6-8-15)20(26)14-11-17(21)25-18(12-14)22-19(23-25)16-10-9-13(2)27-16/h9-12,15H,3-8,21H2,1-2H3. The maximum Gasteiger partial charge on any atom is 0.254 e. The number of fused-ring (bicyclic) bond motifs is 1. The van der Waals surface area contributed by atoms with E-state index < -0.39 is 0 Å². The van der Waals surface area contributed by atoms with Crippen LogP contribution < -0.4 is 5.73 Å². The van der Waals surface area contributed by atoms with E-state index in [2.05, 4.69) is 17.0 Å². The van der Waals surface area contributed by atoms with Crippen molar-refractivity contribution in [1.82, 2.24) is 19.5 Å². The van der Waals surface area contributed by atoms with Crippen molar-refractivity contribution < 1.29 is 4.79 Å². The molecule has 0 bridgehead atoms. The molecular weight excluding hydrogens is 358 g/mol. The number of nitrogen functional groups attached to an aromatic ring is 1. The smallest absolute Gasteiger partial charge is 0.254 e. The monoisotopic (exact) mass is 383 g/mol. The van der Waals surface area contributed by atoms with E-state index in [-0.39, 0.29) is 5.91 Å². The molecule has 3 heterocycles. The number of aryl methyl sites for hydroxylation is 1. The van der Waals surface area contributed by atoms with E-state index in [0.29, 0.717) is 35.4 Å². The molecule has 1 saturated carbocycles. The predicted octanol–water partition coefficient (Wildman–Crippen LogP) is 4.14. The summed E-state index contributed by atoms with van der Waals surface area (Å²) in [5.41, 5.74) is 7.41. The lowest BCUT2D eigenvalue weighted by Crippen LogP contribution is -2.41. The number of anilines is 1. The zero-order chi connectivity index (χ0) is 19.0. The number of aromatic nitrogens is 3. The third-order valence-corrected chi connectivity index (χ3v) is 6.29. The van der Waals surface area contributed by atoms with Gasteiger partial charge in [-0.2, -0.15) is 4.52 Å². The summed E-state index contributed by atoms with van der Waals surface area (Å²) >= 11 is 1.65. The number of hydrogen-bond donors (Lipinski definition) is 1. The summed E-state index contributed by atoms with van der Waals surface area (Å²) in [4.78, 5) is 22.0. The summed E-state index contributed by atoms with van der Waals surface area (Å²) in [7, 11) is 0. The number of thiophene rings is 1. The van der Waals surface area contributed by atoms with Crippen molar-refractivity contribution in [3.8, 4) is 10.7 Å². The first kappa shape index (κ1) is 18.0. The predicted molar refractivity (Wildman–Crippen MR) is 109 cm³/mol. The average Bonchev–Trinajstić information content (AvgIpc) is 3.29. The molecule has 3 aromatic heterocycles. The average molecular weight is 384 g/mol. The molecule has 1 aliphatic carbocycles. The number of pyridine rings is 1. The Kier molecular flexibility index (Phi) is 4.86. The molecule has 6 nitrogen and oxygen atoms in total. The molecule has 0 unspecified atom stereocenters. The minimum absolute atomic E-state index is 0.0371. The minimum atomic E-state index is 0.0371. The molecule has 0 radical (unpaired) electrons. The molecule has 0 saturated heterocycles. The van der Waals surface area contributed by atoms with Gasteiger partial charge in [0.15, 0.2) is 11.5 Å². The van der Waals surface area contributed by atoms with E-state index in [1.54, 1.807) is 28.0 Å². The first-order chi connectivity index (χ1) is 13.1. The maximum absolute atomic E-state index is 13.2. The van der Waals surface area contributed by atoms with Gasteiger partial charge >= 0.3 is 0 Å². The zero-order valence-corrected chi connectivity index (χ0v) is 16.6. The Morgan fingerprint density at radius 3 is 2.74 bits per heavy atom. The van der Waals surface area contributed by atoms with Crippen molar-refractivity contribution in [1.29, 1.82) is 0 Å². The van der Waals surface area contributed by atoms with E-state index in [1.807, 2.05) is 24.0 Å². The second-order valence-corrected chi connectivity index (χ2v) is 8.46. The number of nitrogens with zero attached hydrogens (tertiary/aromatic N) is 4. The second kappa shape index (κ2) is 7.31. The van der Waals surface area contributed by atoms with Crippen LogP contribution in [0, 0.1) is 6.92 Å². The molecule has 3 aromatic rings. The number of nitrogens with two attached hydrogens (primary N) is 1.